The zero-order valence-electron chi connectivity index (χ0n) is 11.6. The van der Waals surface area contributed by atoms with Crippen LogP contribution in [0.2, 0.25) is 0 Å². The molecule has 2 N–H and O–H groups in total. The molecule has 1 aromatic carbocycles. The molecule has 0 spiro atoms. The maximum Gasteiger partial charge on any atom is 0.289 e. The molecule has 1 aliphatic heterocycles. The SMILES string of the molecule is O=[N+]([O-])c1cc([C@H](N2CCNCC2)C(F)(F)CO)ccc1Br. The third kappa shape index (κ3) is 3.60. The molecule has 0 radical (unpaired) electrons. The van der Waals surface area contributed by atoms with Crippen LogP contribution >= 0.6 is 15.9 Å². The fourth-order valence-corrected chi connectivity index (χ4v) is 2.98. The Bertz CT molecular complexity index is 553. The number of aliphatic hydroxyl groups excluding tert-OH is 1. The number of piperazine rings is 1. The van der Waals surface area contributed by atoms with Crippen molar-refractivity contribution in [2.45, 2.75) is 12.0 Å². The van der Waals surface area contributed by atoms with E-state index in [1.54, 1.807) is 4.90 Å². The van der Waals surface area contributed by atoms with Gasteiger partial charge in [0.2, 0.25) is 0 Å². The minimum Gasteiger partial charge on any atom is -0.390 e. The average molecular weight is 380 g/mol. The van der Waals surface area contributed by atoms with E-state index in [9.17, 15) is 18.9 Å². The number of rotatable bonds is 5. The monoisotopic (exact) mass is 379 g/mol. The highest BCUT2D eigenvalue weighted by atomic mass is 79.9. The molecule has 0 bridgehead atoms. The molecule has 1 aromatic rings. The van der Waals surface area contributed by atoms with Gasteiger partial charge in [-0.2, -0.15) is 0 Å². The van der Waals surface area contributed by atoms with Crippen LogP contribution in [0.15, 0.2) is 22.7 Å². The molecule has 1 fully saturated rings. The minimum atomic E-state index is -3.39. The molecule has 1 atom stereocenters. The van der Waals surface area contributed by atoms with E-state index in [1.165, 1.54) is 12.1 Å². The number of aliphatic hydroxyl groups is 1. The lowest BCUT2D eigenvalue weighted by atomic mass is 9.97. The number of hydrogen-bond donors (Lipinski definition) is 2. The van der Waals surface area contributed by atoms with Gasteiger partial charge in [0.1, 0.15) is 12.6 Å². The van der Waals surface area contributed by atoms with Gasteiger partial charge < -0.3 is 10.4 Å². The van der Waals surface area contributed by atoms with E-state index < -0.39 is 23.5 Å². The lowest BCUT2D eigenvalue weighted by molar-refractivity contribution is -0.385. The number of benzene rings is 1. The maximum atomic E-state index is 14.2. The van der Waals surface area contributed by atoms with Gasteiger partial charge in [0.15, 0.2) is 0 Å². The van der Waals surface area contributed by atoms with Crippen LogP contribution in [-0.4, -0.2) is 53.6 Å². The van der Waals surface area contributed by atoms with Crippen LogP contribution in [0.25, 0.3) is 0 Å². The summed E-state index contributed by atoms with van der Waals surface area (Å²) in [5.41, 5.74) is -0.151. The predicted molar refractivity (Wildman–Crippen MR) is 80.0 cm³/mol. The Hall–Kier alpha value is -1.16. The van der Waals surface area contributed by atoms with Crippen molar-refractivity contribution in [3.8, 4) is 0 Å². The topological polar surface area (TPSA) is 78.6 Å². The molecule has 0 aliphatic carbocycles. The molecule has 0 saturated carbocycles. The summed E-state index contributed by atoms with van der Waals surface area (Å²) in [5, 5.41) is 23.1. The quantitative estimate of drug-likeness (QED) is 0.603. The third-order valence-electron chi connectivity index (χ3n) is 3.61. The lowest BCUT2D eigenvalue weighted by Crippen LogP contribution is -2.51. The number of halogens is 3. The summed E-state index contributed by atoms with van der Waals surface area (Å²) in [6, 6.07) is 2.55. The molecule has 0 aromatic heterocycles. The van der Waals surface area contributed by atoms with E-state index in [0.717, 1.165) is 6.07 Å². The van der Waals surface area contributed by atoms with E-state index in [4.69, 9.17) is 5.11 Å². The van der Waals surface area contributed by atoms with Crippen molar-refractivity contribution in [3.63, 3.8) is 0 Å². The summed E-state index contributed by atoms with van der Waals surface area (Å²) in [4.78, 5) is 11.9. The summed E-state index contributed by atoms with van der Waals surface area (Å²) < 4.78 is 28.7. The van der Waals surface area contributed by atoms with Crippen LogP contribution in [0.5, 0.6) is 0 Å². The molecule has 122 valence electrons. The van der Waals surface area contributed by atoms with Gasteiger partial charge in [-0.3, -0.25) is 15.0 Å². The van der Waals surface area contributed by atoms with Gasteiger partial charge in [0, 0.05) is 32.2 Å². The molecule has 22 heavy (non-hydrogen) atoms. The molecule has 1 heterocycles. The van der Waals surface area contributed by atoms with Crippen LogP contribution in [0.4, 0.5) is 14.5 Å². The van der Waals surface area contributed by atoms with Crippen molar-refractivity contribution in [2.24, 2.45) is 0 Å². The standard InChI is InChI=1S/C13H16BrF2N3O3/c14-10-2-1-9(7-11(10)19(21)22)12(13(15,16)8-20)18-5-3-17-4-6-18/h1-2,7,12,17,20H,3-6,8H2/t12-/m0/s1. The Morgan fingerprint density at radius 3 is 2.64 bits per heavy atom. The van der Waals surface area contributed by atoms with E-state index in [1.807, 2.05) is 0 Å². The van der Waals surface area contributed by atoms with Gasteiger partial charge >= 0.3 is 0 Å². The molecular formula is C13H16BrF2N3O3. The Morgan fingerprint density at radius 1 is 1.45 bits per heavy atom. The summed E-state index contributed by atoms with van der Waals surface area (Å²) in [6.07, 6.45) is 0. The highest BCUT2D eigenvalue weighted by Crippen LogP contribution is 2.39. The van der Waals surface area contributed by atoms with Crippen molar-refractivity contribution in [1.82, 2.24) is 10.2 Å². The van der Waals surface area contributed by atoms with Gasteiger partial charge in [-0.15, -0.1) is 0 Å². The molecule has 2 rings (SSSR count). The van der Waals surface area contributed by atoms with Crippen LogP contribution in [0.1, 0.15) is 11.6 Å². The zero-order valence-corrected chi connectivity index (χ0v) is 13.2. The molecule has 0 amide bonds. The Balaban J connectivity index is 2.44. The van der Waals surface area contributed by atoms with Gasteiger partial charge in [0.25, 0.3) is 11.6 Å². The number of nitrogens with zero attached hydrogens (tertiary/aromatic N) is 2. The van der Waals surface area contributed by atoms with Crippen LogP contribution in [0.3, 0.4) is 0 Å². The highest BCUT2D eigenvalue weighted by Gasteiger charge is 2.44. The number of hydrogen-bond acceptors (Lipinski definition) is 5. The second kappa shape index (κ2) is 6.95. The van der Waals surface area contributed by atoms with Crippen molar-refractivity contribution in [1.29, 1.82) is 0 Å². The van der Waals surface area contributed by atoms with Crippen LogP contribution in [-0.2, 0) is 0 Å². The largest absolute Gasteiger partial charge is 0.390 e. The van der Waals surface area contributed by atoms with Crippen LogP contribution in [0, 0.1) is 10.1 Å². The number of alkyl halides is 2. The first-order chi connectivity index (χ1) is 10.4. The normalized spacial score (nSPS) is 18.2. The van der Waals surface area contributed by atoms with E-state index >= 15 is 0 Å². The smallest absolute Gasteiger partial charge is 0.289 e. The molecule has 9 heteroatoms. The fourth-order valence-electron chi connectivity index (χ4n) is 2.59. The number of nitrogens with one attached hydrogen (secondary N) is 1. The second-order valence-corrected chi connectivity index (χ2v) is 5.93. The zero-order chi connectivity index (χ0) is 16.3. The Morgan fingerprint density at radius 2 is 2.09 bits per heavy atom. The van der Waals surface area contributed by atoms with E-state index in [2.05, 4.69) is 21.2 Å². The van der Waals surface area contributed by atoms with E-state index in [-0.39, 0.29) is 15.7 Å². The first kappa shape index (κ1) is 17.2. The first-order valence-corrected chi connectivity index (χ1v) is 7.53. The van der Waals surface area contributed by atoms with Crippen molar-refractivity contribution < 1.29 is 18.8 Å². The number of nitro benzene ring substituents is 1. The molecule has 1 aliphatic rings. The van der Waals surface area contributed by atoms with Gasteiger partial charge in [0.05, 0.1) is 9.40 Å². The molecule has 1 saturated heterocycles. The molecule has 0 unspecified atom stereocenters. The summed E-state index contributed by atoms with van der Waals surface area (Å²) >= 11 is 3.04. The first-order valence-electron chi connectivity index (χ1n) is 6.74. The van der Waals surface area contributed by atoms with Crippen molar-refractivity contribution in [2.75, 3.05) is 32.8 Å². The predicted octanol–water partition coefficient (Wildman–Crippen LogP) is 1.93. The minimum absolute atomic E-state index is 0.121. The maximum absolute atomic E-state index is 14.2. The third-order valence-corrected chi connectivity index (χ3v) is 4.28. The number of nitro groups is 1. The van der Waals surface area contributed by atoms with Crippen molar-refractivity contribution >= 4 is 21.6 Å². The summed E-state index contributed by atoms with van der Waals surface area (Å²) in [6.45, 7) is 0.549. The summed E-state index contributed by atoms with van der Waals surface area (Å²) in [5.74, 6) is -3.39. The van der Waals surface area contributed by atoms with E-state index in [0.29, 0.717) is 26.2 Å². The van der Waals surface area contributed by atoms with Gasteiger partial charge in [-0.05, 0) is 27.6 Å². The molecule has 6 nitrogen and oxygen atoms in total. The second-order valence-electron chi connectivity index (χ2n) is 5.08. The Kier molecular flexibility index (Phi) is 5.43. The summed E-state index contributed by atoms with van der Waals surface area (Å²) in [7, 11) is 0. The highest BCUT2D eigenvalue weighted by molar-refractivity contribution is 9.10. The van der Waals surface area contributed by atoms with Crippen LogP contribution < -0.4 is 5.32 Å². The average Bonchev–Trinajstić information content (AvgIpc) is 2.50. The van der Waals surface area contributed by atoms with Crippen molar-refractivity contribution in [3.05, 3.63) is 38.3 Å². The van der Waals surface area contributed by atoms with Gasteiger partial charge in [-0.25, -0.2) is 8.78 Å². The lowest BCUT2D eigenvalue weighted by Gasteiger charge is -2.38. The fraction of sp³-hybridized carbons (Fsp3) is 0.538. The van der Waals surface area contributed by atoms with Gasteiger partial charge in [-0.1, -0.05) is 6.07 Å². The Labute approximate surface area is 134 Å². The molecular weight excluding hydrogens is 364 g/mol.